The molecule has 0 unspecified atom stereocenters. The van der Waals surface area contributed by atoms with Gasteiger partial charge in [0, 0.05) is 17.0 Å². The van der Waals surface area contributed by atoms with Crippen molar-refractivity contribution in [2.24, 2.45) is 0 Å². The van der Waals surface area contributed by atoms with Crippen LogP contribution in [0.1, 0.15) is 52.6 Å². The Kier molecular flexibility index (Phi) is 4.14. The molecule has 0 atom stereocenters. The quantitative estimate of drug-likeness (QED) is 0.793. The first kappa shape index (κ1) is 14.0. The van der Waals surface area contributed by atoms with Crippen LogP contribution in [0.15, 0.2) is 36.4 Å². The van der Waals surface area contributed by atoms with Crippen molar-refractivity contribution in [2.75, 3.05) is 0 Å². The van der Waals surface area contributed by atoms with E-state index in [-0.39, 0.29) is 5.78 Å². The topological polar surface area (TPSA) is 30.0 Å². The number of carbonyl (C=O) groups excluding carboxylic acids is 1. The number of Topliss-reactive ketones (excluding diaryl/α,β-unsaturated/α-hetero) is 1. The molecule has 0 radical (unpaired) electrons. The van der Waals surface area contributed by atoms with Crippen LogP contribution in [0.4, 0.5) is 0 Å². The fraction of sp³-hybridized carbons (Fsp3) is 0.368. The predicted octanol–water partition coefficient (Wildman–Crippen LogP) is 3.95. The van der Waals surface area contributed by atoms with Gasteiger partial charge >= 0.3 is 0 Å². The van der Waals surface area contributed by atoms with E-state index in [4.69, 9.17) is 4.98 Å². The Balaban J connectivity index is 1.65. The molecule has 1 aliphatic rings. The number of benzene rings is 1. The fourth-order valence-corrected chi connectivity index (χ4v) is 2.95. The van der Waals surface area contributed by atoms with Gasteiger partial charge in [0.15, 0.2) is 5.78 Å². The van der Waals surface area contributed by atoms with Crippen molar-refractivity contribution < 1.29 is 4.79 Å². The first-order chi connectivity index (χ1) is 10.2. The number of hydrogen-bond acceptors (Lipinski definition) is 2. The average Bonchev–Trinajstić information content (AvgIpc) is 2.53. The summed E-state index contributed by atoms with van der Waals surface area (Å²) in [4.78, 5) is 16.1. The van der Waals surface area contributed by atoms with Crippen molar-refractivity contribution in [3.63, 3.8) is 0 Å². The minimum absolute atomic E-state index is 0.123. The molecule has 0 saturated heterocycles. The summed E-state index contributed by atoms with van der Waals surface area (Å²) in [7, 11) is 0. The van der Waals surface area contributed by atoms with Gasteiger partial charge in [0.2, 0.25) is 0 Å². The molecule has 21 heavy (non-hydrogen) atoms. The fourth-order valence-electron chi connectivity index (χ4n) is 2.95. The summed E-state index contributed by atoms with van der Waals surface area (Å²) in [6, 6.07) is 12.4. The monoisotopic (exact) mass is 279 g/mol. The summed E-state index contributed by atoms with van der Waals surface area (Å²) in [5.74, 6) is 0.123. The number of carbonyl (C=O) groups is 1. The van der Waals surface area contributed by atoms with E-state index in [2.05, 4.69) is 24.3 Å². The van der Waals surface area contributed by atoms with Crippen LogP contribution in [-0.2, 0) is 25.7 Å². The first-order valence-corrected chi connectivity index (χ1v) is 7.80. The van der Waals surface area contributed by atoms with Crippen LogP contribution >= 0.6 is 0 Å². The zero-order chi connectivity index (χ0) is 14.7. The lowest BCUT2D eigenvalue weighted by atomic mass is 9.95. The molecule has 2 aromatic rings. The van der Waals surface area contributed by atoms with Crippen LogP contribution < -0.4 is 0 Å². The van der Waals surface area contributed by atoms with Crippen LogP contribution in [0, 0.1) is 0 Å². The molecule has 2 nitrogen and oxygen atoms in total. The second-order valence-electron chi connectivity index (χ2n) is 5.87. The lowest BCUT2D eigenvalue weighted by Gasteiger charge is -2.15. The van der Waals surface area contributed by atoms with Gasteiger partial charge in [0.25, 0.3) is 0 Å². The lowest BCUT2D eigenvalue weighted by Crippen LogP contribution is -2.07. The molecule has 0 amide bonds. The van der Waals surface area contributed by atoms with Gasteiger partial charge in [-0.25, -0.2) is 0 Å². The summed E-state index contributed by atoms with van der Waals surface area (Å²) in [5.41, 5.74) is 5.98. The maximum atomic E-state index is 11.3. The van der Waals surface area contributed by atoms with E-state index in [0.717, 1.165) is 24.8 Å². The molecule has 0 saturated carbocycles. The summed E-state index contributed by atoms with van der Waals surface area (Å²) in [6.07, 6.45) is 6.84. The third kappa shape index (κ3) is 3.38. The third-order valence-electron chi connectivity index (χ3n) is 4.27. The predicted molar refractivity (Wildman–Crippen MR) is 84.7 cm³/mol. The Hall–Kier alpha value is -1.96. The van der Waals surface area contributed by atoms with Gasteiger partial charge in [-0.05, 0) is 62.6 Å². The highest BCUT2D eigenvalue weighted by Crippen LogP contribution is 2.20. The number of ketones is 1. The van der Waals surface area contributed by atoms with Gasteiger partial charge in [-0.3, -0.25) is 9.78 Å². The molecular formula is C19H21NO. The molecule has 1 heterocycles. The summed E-state index contributed by atoms with van der Waals surface area (Å²) in [5, 5.41) is 0. The molecule has 108 valence electrons. The van der Waals surface area contributed by atoms with Gasteiger partial charge in [-0.2, -0.15) is 0 Å². The number of hydrogen-bond donors (Lipinski definition) is 0. The molecule has 0 N–H and O–H groups in total. The SMILES string of the molecule is CC(=O)c1ccc(CCc2ccc3c(n2)CCCC3)cc1. The van der Waals surface area contributed by atoms with Crippen molar-refractivity contribution in [1.29, 1.82) is 0 Å². The Morgan fingerprint density at radius 3 is 2.52 bits per heavy atom. The van der Waals surface area contributed by atoms with Gasteiger partial charge in [0.1, 0.15) is 0 Å². The van der Waals surface area contributed by atoms with E-state index in [0.29, 0.717) is 0 Å². The first-order valence-electron chi connectivity index (χ1n) is 7.80. The molecule has 0 aliphatic heterocycles. The Morgan fingerprint density at radius 2 is 1.76 bits per heavy atom. The van der Waals surface area contributed by atoms with Crippen LogP contribution in [0.25, 0.3) is 0 Å². The number of aryl methyl sites for hydroxylation is 4. The van der Waals surface area contributed by atoms with Crippen molar-refractivity contribution in [2.45, 2.75) is 45.4 Å². The molecule has 1 aromatic carbocycles. The van der Waals surface area contributed by atoms with Crippen LogP contribution in [0.3, 0.4) is 0 Å². The Morgan fingerprint density at radius 1 is 1.00 bits per heavy atom. The van der Waals surface area contributed by atoms with E-state index >= 15 is 0 Å². The lowest BCUT2D eigenvalue weighted by molar-refractivity contribution is 0.101. The Labute approximate surface area is 126 Å². The maximum Gasteiger partial charge on any atom is 0.159 e. The highest BCUT2D eigenvalue weighted by atomic mass is 16.1. The average molecular weight is 279 g/mol. The zero-order valence-electron chi connectivity index (χ0n) is 12.6. The van der Waals surface area contributed by atoms with Crippen LogP contribution in [-0.4, -0.2) is 10.8 Å². The zero-order valence-corrected chi connectivity index (χ0v) is 12.6. The summed E-state index contributed by atoms with van der Waals surface area (Å²) >= 11 is 0. The van der Waals surface area contributed by atoms with Crippen molar-refractivity contribution in [3.05, 3.63) is 64.5 Å². The van der Waals surface area contributed by atoms with E-state index in [1.807, 2.05) is 12.1 Å². The maximum absolute atomic E-state index is 11.3. The standard InChI is InChI=1S/C19H21NO/c1-14(21)16-9-6-15(7-10-16)8-12-18-13-11-17-4-2-3-5-19(17)20-18/h6-7,9-11,13H,2-5,8,12H2,1H3. The highest BCUT2D eigenvalue weighted by molar-refractivity contribution is 5.93. The highest BCUT2D eigenvalue weighted by Gasteiger charge is 2.10. The second kappa shape index (κ2) is 6.21. The summed E-state index contributed by atoms with van der Waals surface area (Å²) < 4.78 is 0. The summed E-state index contributed by atoms with van der Waals surface area (Å²) in [6.45, 7) is 1.60. The number of pyridine rings is 1. The van der Waals surface area contributed by atoms with Gasteiger partial charge < -0.3 is 0 Å². The molecular weight excluding hydrogens is 258 g/mol. The number of nitrogens with zero attached hydrogens (tertiary/aromatic N) is 1. The number of rotatable bonds is 4. The normalized spacial score (nSPS) is 13.8. The van der Waals surface area contributed by atoms with E-state index in [1.54, 1.807) is 6.92 Å². The second-order valence-corrected chi connectivity index (χ2v) is 5.87. The van der Waals surface area contributed by atoms with Gasteiger partial charge in [-0.1, -0.05) is 30.3 Å². The number of fused-ring (bicyclic) bond motifs is 1. The van der Waals surface area contributed by atoms with Crippen molar-refractivity contribution in [3.8, 4) is 0 Å². The molecule has 3 rings (SSSR count). The minimum atomic E-state index is 0.123. The van der Waals surface area contributed by atoms with Crippen molar-refractivity contribution in [1.82, 2.24) is 4.98 Å². The van der Waals surface area contributed by atoms with Crippen LogP contribution in [0.2, 0.25) is 0 Å². The smallest absolute Gasteiger partial charge is 0.159 e. The molecule has 0 bridgehead atoms. The molecule has 0 fully saturated rings. The molecule has 1 aliphatic carbocycles. The molecule has 1 aromatic heterocycles. The van der Waals surface area contributed by atoms with Crippen molar-refractivity contribution >= 4 is 5.78 Å². The minimum Gasteiger partial charge on any atom is -0.295 e. The third-order valence-corrected chi connectivity index (χ3v) is 4.27. The van der Waals surface area contributed by atoms with E-state index in [1.165, 1.54) is 41.8 Å². The number of aromatic nitrogens is 1. The van der Waals surface area contributed by atoms with Gasteiger partial charge in [0.05, 0.1) is 0 Å². The van der Waals surface area contributed by atoms with Crippen LogP contribution in [0.5, 0.6) is 0 Å². The Bertz CT molecular complexity index is 643. The van der Waals surface area contributed by atoms with E-state index in [9.17, 15) is 4.79 Å². The molecule has 0 spiro atoms. The van der Waals surface area contributed by atoms with Gasteiger partial charge in [-0.15, -0.1) is 0 Å². The molecule has 2 heteroatoms. The largest absolute Gasteiger partial charge is 0.295 e. The van der Waals surface area contributed by atoms with E-state index < -0.39 is 0 Å².